The first-order valence-corrected chi connectivity index (χ1v) is 10.2. The maximum atomic E-state index is 12.6. The predicted molar refractivity (Wildman–Crippen MR) is 92.5 cm³/mol. The Morgan fingerprint density at radius 2 is 1.77 bits per heavy atom. The number of rotatable bonds is 4. The average molecular weight is 335 g/mol. The van der Waals surface area contributed by atoms with Crippen LogP contribution in [0.25, 0.3) is 0 Å². The molecule has 3 nitrogen and oxygen atoms in total. The van der Waals surface area contributed by atoms with Gasteiger partial charge in [-0.1, -0.05) is 18.2 Å². The van der Waals surface area contributed by atoms with Crippen molar-refractivity contribution in [2.75, 3.05) is 18.0 Å². The first-order valence-electron chi connectivity index (χ1n) is 7.68. The zero-order valence-corrected chi connectivity index (χ0v) is 14.4. The van der Waals surface area contributed by atoms with E-state index in [0.717, 1.165) is 29.2 Å². The van der Waals surface area contributed by atoms with Gasteiger partial charge in [0.2, 0.25) is 0 Å². The first kappa shape index (κ1) is 15.6. The highest BCUT2D eigenvalue weighted by molar-refractivity contribution is 7.92. The molecule has 1 aromatic carbocycles. The SMILES string of the molecule is Cc1ccc(S(=O)(=O)Cc2ccccc2N2CCCCC2)s1. The minimum Gasteiger partial charge on any atom is -0.371 e. The van der Waals surface area contributed by atoms with Crippen molar-refractivity contribution in [3.05, 3.63) is 46.8 Å². The van der Waals surface area contributed by atoms with Crippen LogP contribution in [0.2, 0.25) is 0 Å². The number of aryl methyl sites for hydroxylation is 1. The van der Waals surface area contributed by atoms with Crippen LogP contribution in [0.4, 0.5) is 5.69 Å². The second-order valence-electron chi connectivity index (χ2n) is 5.80. The lowest BCUT2D eigenvalue weighted by Gasteiger charge is -2.30. The van der Waals surface area contributed by atoms with Crippen molar-refractivity contribution >= 4 is 26.9 Å². The summed E-state index contributed by atoms with van der Waals surface area (Å²) in [5, 5.41) is 0. The molecule has 3 rings (SSSR count). The van der Waals surface area contributed by atoms with Gasteiger partial charge >= 0.3 is 0 Å². The molecule has 0 atom stereocenters. The van der Waals surface area contributed by atoms with E-state index in [9.17, 15) is 8.42 Å². The van der Waals surface area contributed by atoms with Crippen LogP contribution in [0.15, 0.2) is 40.6 Å². The van der Waals surface area contributed by atoms with Crippen molar-refractivity contribution in [2.45, 2.75) is 36.1 Å². The van der Waals surface area contributed by atoms with Crippen LogP contribution in [-0.4, -0.2) is 21.5 Å². The van der Waals surface area contributed by atoms with E-state index in [1.165, 1.54) is 30.6 Å². The van der Waals surface area contributed by atoms with Crippen LogP contribution in [-0.2, 0) is 15.6 Å². The smallest absolute Gasteiger partial charge is 0.191 e. The van der Waals surface area contributed by atoms with Crippen LogP contribution in [0, 0.1) is 6.92 Å². The second-order valence-corrected chi connectivity index (χ2v) is 9.30. The van der Waals surface area contributed by atoms with E-state index in [1.54, 1.807) is 6.07 Å². The van der Waals surface area contributed by atoms with Gasteiger partial charge in [0.25, 0.3) is 0 Å². The molecule has 0 unspecified atom stereocenters. The fourth-order valence-electron chi connectivity index (χ4n) is 2.93. The fraction of sp³-hybridized carbons (Fsp3) is 0.412. The summed E-state index contributed by atoms with van der Waals surface area (Å²) >= 11 is 1.35. The maximum Gasteiger partial charge on any atom is 0.191 e. The largest absolute Gasteiger partial charge is 0.371 e. The Hall–Kier alpha value is -1.33. The zero-order chi connectivity index (χ0) is 15.6. The van der Waals surface area contributed by atoms with E-state index < -0.39 is 9.84 Å². The zero-order valence-electron chi connectivity index (χ0n) is 12.8. The average Bonchev–Trinajstić information content (AvgIpc) is 2.96. The molecule has 0 N–H and O–H groups in total. The second kappa shape index (κ2) is 6.42. The molecule has 5 heteroatoms. The van der Waals surface area contributed by atoms with Gasteiger partial charge in [0.05, 0.1) is 5.75 Å². The number of thiophene rings is 1. The summed E-state index contributed by atoms with van der Waals surface area (Å²) in [6.07, 6.45) is 3.64. The quantitative estimate of drug-likeness (QED) is 0.847. The van der Waals surface area contributed by atoms with Gasteiger partial charge in [-0.25, -0.2) is 8.42 Å². The summed E-state index contributed by atoms with van der Waals surface area (Å²) in [5.74, 6) is 0.0830. The molecule has 22 heavy (non-hydrogen) atoms. The van der Waals surface area contributed by atoms with Crippen molar-refractivity contribution < 1.29 is 8.42 Å². The highest BCUT2D eigenvalue weighted by atomic mass is 32.2. The minimum atomic E-state index is -3.26. The molecule has 0 amide bonds. The van der Waals surface area contributed by atoms with Gasteiger partial charge in [-0.2, -0.15) is 0 Å². The normalized spacial score (nSPS) is 16.0. The number of sulfone groups is 1. The highest BCUT2D eigenvalue weighted by Gasteiger charge is 2.21. The van der Waals surface area contributed by atoms with Crippen LogP contribution in [0.1, 0.15) is 29.7 Å². The van der Waals surface area contributed by atoms with Crippen molar-refractivity contribution in [1.82, 2.24) is 0 Å². The molecule has 0 spiro atoms. The van der Waals surface area contributed by atoms with Crippen LogP contribution < -0.4 is 4.90 Å². The standard InChI is InChI=1S/C17H21NO2S2/c1-14-9-10-17(21-14)22(19,20)13-15-7-3-4-8-16(15)18-11-5-2-6-12-18/h3-4,7-10H,2,5-6,11-13H2,1H3. The summed E-state index contributed by atoms with van der Waals surface area (Å²) < 4.78 is 25.8. The summed E-state index contributed by atoms with van der Waals surface area (Å²) in [7, 11) is -3.26. The summed E-state index contributed by atoms with van der Waals surface area (Å²) in [5.41, 5.74) is 1.99. The summed E-state index contributed by atoms with van der Waals surface area (Å²) in [6.45, 7) is 3.98. The molecular formula is C17H21NO2S2. The van der Waals surface area contributed by atoms with Gasteiger partial charge in [0.1, 0.15) is 4.21 Å². The topological polar surface area (TPSA) is 37.4 Å². The fourth-order valence-corrected chi connectivity index (χ4v) is 5.67. The van der Waals surface area contributed by atoms with Crippen molar-refractivity contribution in [3.63, 3.8) is 0 Å². The molecule has 2 aromatic rings. The van der Waals surface area contributed by atoms with E-state index in [-0.39, 0.29) is 5.75 Å². The monoisotopic (exact) mass is 335 g/mol. The van der Waals surface area contributed by atoms with Gasteiger partial charge in [-0.05, 0) is 49.9 Å². The molecule has 1 fully saturated rings. The first-order chi connectivity index (χ1) is 10.6. The Morgan fingerprint density at radius 3 is 2.45 bits per heavy atom. The molecule has 118 valence electrons. The molecule has 1 aromatic heterocycles. The molecule has 0 radical (unpaired) electrons. The third kappa shape index (κ3) is 3.36. The molecular weight excluding hydrogens is 314 g/mol. The molecule has 1 aliphatic rings. The number of nitrogens with zero attached hydrogens (tertiary/aromatic N) is 1. The number of hydrogen-bond acceptors (Lipinski definition) is 4. The van der Waals surface area contributed by atoms with E-state index in [0.29, 0.717) is 4.21 Å². The Bertz CT molecular complexity index is 744. The number of benzene rings is 1. The van der Waals surface area contributed by atoms with Gasteiger partial charge in [-0.3, -0.25) is 0 Å². The van der Waals surface area contributed by atoms with Gasteiger partial charge in [0.15, 0.2) is 9.84 Å². The lowest BCUT2D eigenvalue weighted by molar-refractivity contribution is 0.576. The molecule has 1 saturated heterocycles. The minimum absolute atomic E-state index is 0.0830. The van der Waals surface area contributed by atoms with E-state index in [4.69, 9.17) is 0 Å². The molecule has 0 bridgehead atoms. The lowest BCUT2D eigenvalue weighted by Crippen LogP contribution is -2.30. The van der Waals surface area contributed by atoms with E-state index >= 15 is 0 Å². The number of piperidine rings is 1. The van der Waals surface area contributed by atoms with Gasteiger partial charge in [0, 0.05) is 23.7 Å². The Morgan fingerprint density at radius 1 is 1.05 bits per heavy atom. The van der Waals surface area contributed by atoms with Crippen LogP contribution in [0.3, 0.4) is 0 Å². The molecule has 0 saturated carbocycles. The Labute approximate surface area is 136 Å². The summed E-state index contributed by atoms with van der Waals surface area (Å²) in [6, 6.07) is 11.5. The van der Waals surface area contributed by atoms with E-state index in [1.807, 2.05) is 31.2 Å². The number of para-hydroxylation sites is 1. The lowest BCUT2D eigenvalue weighted by atomic mass is 10.1. The van der Waals surface area contributed by atoms with Crippen LogP contribution in [0.5, 0.6) is 0 Å². The van der Waals surface area contributed by atoms with Gasteiger partial charge in [-0.15, -0.1) is 11.3 Å². The number of hydrogen-bond donors (Lipinski definition) is 0. The van der Waals surface area contributed by atoms with Crippen molar-refractivity contribution in [2.24, 2.45) is 0 Å². The maximum absolute atomic E-state index is 12.6. The highest BCUT2D eigenvalue weighted by Crippen LogP contribution is 2.29. The third-order valence-electron chi connectivity index (χ3n) is 4.06. The predicted octanol–water partition coefficient (Wildman–Crippen LogP) is 4.02. The third-order valence-corrected chi connectivity index (χ3v) is 7.30. The number of anilines is 1. The molecule has 0 aliphatic carbocycles. The van der Waals surface area contributed by atoms with Gasteiger partial charge < -0.3 is 4.90 Å². The molecule has 1 aliphatic heterocycles. The van der Waals surface area contributed by atoms with Crippen LogP contribution >= 0.6 is 11.3 Å². The van der Waals surface area contributed by atoms with E-state index in [2.05, 4.69) is 11.0 Å². The summed E-state index contributed by atoms with van der Waals surface area (Å²) in [4.78, 5) is 3.36. The molecule has 2 heterocycles. The van der Waals surface area contributed by atoms with Crippen molar-refractivity contribution in [1.29, 1.82) is 0 Å². The Kier molecular flexibility index (Phi) is 4.54. The van der Waals surface area contributed by atoms with Crippen molar-refractivity contribution in [3.8, 4) is 0 Å². The Balaban J connectivity index is 1.89.